The monoisotopic (exact) mass is 358 g/mol. The Bertz CT molecular complexity index is 804. The van der Waals surface area contributed by atoms with Crippen LogP contribution in [-0.4, -0.2) is 5.78 Å². The summed E-state index contributed by atoms with van der Waals surface area (Å²) >= 11 is 0. The minimum Gasteiger partial charge on any atom is -0.289 e. The van der Waals surface area contributed by atoms with E-state index in [1.54, 1.807) is 0 Å². The Hall–Kier alpha value is -2.41. The van der Waals surface area contributed by atoms with Crippen molar-refractivity contribution in [1.82, 2.24) is 0 Å². The number of carbonyl (C=O) groups is 1. The van der Waals surface area contributed by atoms with Gasteiger partial charge in [0, 0.05) is 11.1 Å². The van der Waals surface area contributed by atoms with Crippen LogP contribution in [0.2, 0.25) is 0 Å². The van der Waals surface area contributed by atoms with Gasteiger partial charge in [-0.2, -0.15) is 0 Å². The Morgan fingerprint density at radius 3 is 1.44 bits per heavy atom. The number of hydrogen-bond acceptors (Lipinski definition) is 1. The SMILES string of the molecule is Cc1ccc(/C=C2\CC(C(C)(C)C)C/C(=C\c3ccc(C)cc3)C2=O)cc1. The minimum atomic E-state index is 0.166. The fraction of sp³-hybridized carbons (Fsp3) is 0.346. The topological polar surface area (TPSA) is 17.1 Å². The molecule has 3 rings (SSSR count). The zero-order valence-electron chi connectivity index (χ0n) is 17.2. The Labute approximate surface area is 163 Å². The molecule has 1 saturated carbocycles. The molecule has 0 N–H and O–H groups in total. The highest BCUT2D eigenvalue weighted by Crippen LogP contribution is 2.41. The van der Waals surface area contributed by atoms with Gasteiger partial charge in [0.05, 0.1) is 0 Å². The van der Waals surface area contributed by atoms with Gasteiger partial charge < -0.3 is 0 Å². The van der Waals surface area contributed by atoms with Gasteiger partial charge in [0.2, 0.25) is 0 Å². The van der Waals surface area contributed by atoms with Crippen molar-refractivity contribution in [3.8, 4) is 0 Å². The highest BCUT2D eigenvalue weighted by atomic mass is 16.1. The summed E-state index contributed by atoms with van der Waals surface area (Å²) in [6.45, 7) is 11.0. The Kier molecular flexibility index (Phi) is 5.51. The standard InChI is InChI=1S/C26H30O/c1-18-6-10-20(11-7-18)14-22-16-24(26(3,4)5)17-23(25(22)27)15-21-12-8-19(2)9-13-21/h6-15,24H,16-17H2,1-5H3/b22-14+,23-15+. The predicted octanol–water partition coefficient (Wildman–Crippen LogP) is 6.80. The highest BCUT2D eigenvalue weighted by Gasteiger charge is 2.34. The van der Waals surface area contributed by atoms with Crippen LogP contribution in [0, 0.1) is 25.2 Å². The lowest BCUT2D eigenvalue weighted by molar-refractivity contribution is -0.113. The predicted molar refractivity (Wildman–Crippen MR) is 115 cm³/mol. The second-order valence-electron chi connectivity index (χ2n) is 8.96. The fourth-order valence-corrected chi connectivity index (χ4v) is 3.58. The van der Waals surface area contributed by atoms with Crippen molar-refractivity contribution in [2.45, 2.75) is 47.5 Å². The second kappa shape index (κ2) is 7.68. The van der Waals surface area contributed by atoms with Crippen molar-refractivity contribution >= 4 is 17.9 Å². The van der Waals surface area contributed by atoms with E-state index in [1.165, 1.54) is 11.1 Å². The third-order valence-corrected chi connectivity index (χ3v) is 5.58. The van der Waals surface area contributed by atoms with Crippen LogP contribution < -0.4 is 0 Å². The van der Waals surface area contributed by atoms with Gasteiger partial charge in [0.15, 0.2) is 5.78 Å². The number of benzene rings is 2. The summed E-state index contributed by atoms with van der Waals surface area (Å²) in [6.07, 6.45) is 5.87. The van der Waals surface area contributed by atoms with Crippen LogP contribution in [-0.2, 0) is 4.79 Å². The van der Waals surface area contributed by atoms with E-state index in [-0.39, 0.29) is 11.2 Å². The smallest absolute Gasteiger partial charge is 0.185 e. The Balaban J connectivity index is 1.99. The molecule has 0 unspecified atom stereocenters. The summed E-state index contributed by atoms with van der Waals surface area (Å²) < 4.78 is 0. The maximum absolute atomic E-state index is 13.2. The summed E-state index contributed by atoms with van der Waals surface area (Å²) in [5.74, 6) is 0.667. The number of allylic oxidation sites excluding steroid dienone is 2. The molecule has 140 valence electrons. The van der Waals surface area contributed by atoms with Crippen molar-refractivity contribution in [1.29, 1.82) is 0 Å². The van der Waals surface area contributed by atoms with Crippen molar-refractivity contribution in [3.63, 3.8) is 0 Å². The van der Waals surface area contributed by atoms with E-state index in [2.05, 4.69) is 95.3 Å². The van der Waals surface area contributed by atoms with Crippen LogP contribution in [0.4, 0.5) is 0 Å². The van der Waals surface area contributed by atoms with Crippen LogP contribution in [0.3, 0.4) is 0 Å². The molecular formula is C26H30O. The Morgan fingerprint density at radius 1 is 0.741 bits per heavy atom. The van der Waals surface area contributed by atoms with Crippen LogP contribution in [0.25, 0.3) is 12.2 Å². The Morgan fingerprint density at radius 2 is 1.11 bits per heavy atom. The lowest BCUT2D eigenvalue weighted by atomic mass is 9.68. The normalized spacial score (nSPS) is 21.1. The molecule has 0 spiro atoms. The molecule has 0 radical (unpaired) electrons. The summed E-state index contributed by atoms with van der Waals surface area (Å²) in [5.41, 5.74) is 6.71. The lowest BCUT2D eigenvalue weighted by Gasteiger charge is -2.35. The van der Waals surface area contributed by atoms with Gasteiger partial charge >= 0.3 is 0 Å². The molecule has 2 aromatic carbocycles. The van der Waals surface area contributed by atoms with E-state index in [1.807, 2.05) is 0 Å². The molecule has 0 amide bonds. The van der Waals surface area contributed by atoms with Crippen molar-refractivity contribution in [2.24, 2.45) is 11.3 Å². The molecule has 0 bridgehead atoms. The first-order valence-electron chi connectivity index (χ1n) is 9.81. The van der Waals surface area contributed by atoms with Crippen molar-refractivity contribution < 1.29 is 4.79 Å². The average Bonchev–Trinajstić information content (AvgIpc) is 2.61. The summed E-state index contributed by atoms with van der Waals surface area (Å²) in [4.78, 5) is 13.2. The lowest BCUT2D eigenvalue weighted by Crippen LogP contribution is -2.29. The second-order valence-corrected chi connectivity index (χ2v) is 8.96. The molecule has 27 heavy (non-hydrogen) atoms. The average molecular weight is 359 g/mol. The maximum Gasteiger partial charge on any atom is 0.185 e. The molecule has 1 heteroatoms. The summed E-state index contributed by atoms with van der Waals surface area (Å²) in [7, 11) is 0. The number of rotatable bonds is 2. The number of ketones is 1. The van der Waals surface area contributed by atoms with E-state index in [4.69, 9.17) is 0 Å². The number of hydrogen-bond donors (Lipinski definition) is 0. The van der Waals surface area contributed by atoms with Gasteiger partial charge in [-0.15, -0.1) is 0 Å². The quantitative estimate of drug-likeness (QED) is 0.540. The highest BCUT2D eigenvalue weighted by molar-refractivity contribution is 6.14. The molecule has 1 fully saturated rings. The molecule has 0 atom stereocenters. The van der Waals surface area contributed by atoms with E-state index in [0.717, 1.165) is 35.1 Å². The molecule has 1 aliphatic rings. The molecule has 0 heterocycles. The zero-order chi connectivity index (χ0) is 19.6. The van der Waals surface area contributed by atoms with Gasteiger partial charge in [0.1, 0.15) is 0 Å². The number of aryl methyl sites for hydroxylation is 2. The van der Waals surface area contributed by atoms with Gasteiger partial charge in [-0.1, -0.05) is 80.4 Å². The first-order chi connectivity index (χ1) is 12.7. The van der Waals surface area contributed by atoms with Gasteiger partial charge in [-0.25, -0.2) is 0 Å². The number of Topliss-reactive ketones (excluding diaryl/α,β-unsaturated/α-hetero) is 1. The maximum atomic E-state index is 13.2. The van der Waals surface area contributed by atoms with Gasteiger partial charge in [-0.3, -0.25) is 4.79 Å². The number of carbonyl (C=O) groups excluding carboxylic acids is 1. The van der Waals surface area contributed by atoms with Crippen LogP contribution in [0.15, 0.2) is 59.7 Å². The van der Waals surface area contributed by atoms with Crippen LogP contribution in [0.5, 0.6) is 0 Å². The molecular weight excluding hydrogens is 328 g/mol. The van der Waals surface area contributed by atoms with Gasteiger partial charge in [-0.05, 0) is 61.3 Å². The van der Waals surface area contributed by atoms with E-state index in [0.29, 0.717) is 5.92 Å². The first-order valence-corrected chi connectivity index (χ1v) is 9.81. The van der Waals surface area contributed by atoms with Crippen LogP contribution in [0.1, 0.15) is 55.9 Å². The fourth-order valence-electron chi connectivity index (χ4n) is 3.58. The van der Waals surface area contributed by atoms with Gasteiger partial charge in [0.25, 0.3) is 0 Å². The molecule has 0 aliphatic heterocycles. The minimum absolute atomic E-state index is 0.166. The van der Waals surface area contributed by atoms with Crippen molar-refractivity contribution in [3.05, 3.63) is 81.9 Å². The van der Waals surface area contributed by atoms with Crippen molar-refractivity contribution in [2.75, 3.05) is 0 Å². The molecule has 1 nitrogen and oxygen atoms in total. The first kappa shape index (κ1) is 19.4. The van der Waals surface area contributed by atoms with E-state index < -0.39 is 0 Å². The van der Waals surface area contributed by atoms with Crippen LogP contribution >= 0.6 is 0 Å². The molecule has 1 aliphatic carbocycles. The summed E-state index contributed by atoms with van der Waals surface area (Å²) in [5, 5.41) is 0. The zero-order valence-corrected chi connectivity index (χ0v) is 17.2. The van der Waals surface area contributed by atoms with E-state index in [9.17, 15) is 4.79 Å². The molecule has 0 aromatic heterocycles. The third kappa shape index (κ3) is 4.86. The molecule has 0 saturated heterocycles. The largest absolute Gasteiger partial charge is 0.289 e. The van der Waals surface area contributed by atoms with E-state index >= 15 is 0 Å². The summed E-state index contributed by atoms with van der Waals surface area (Å²) in [6, 6.07) is 16.8. The third-order valence-electron chi connectivity index (χ3n) is 5.58. The molecule has 2 aromatic rings.